The van der Waals surface area contributed by atoms with E-state index in [0.717, 1.165) is 31.5 Å². The van der Waals surface area contributed by atoms with E-state index in [4.69, 9.17) is 0 Å². The van der Waals surface area contributed by atoms with Crippen LogP contribution in [0.4, 0.5) is 0 Å². The Balaban J connectivity index is 1.65. The van der Waals surface area contributed by atoms with Crippen LogP contribution < -0.4 is 5.32 Å². The molecule has 1 heterocycles. The Morgan fingerprint density at radius 3 is 2.82 bits per heavy atom. The van der Waals surface area contributed by atoms with E-state index >= 15 is 0 Å². The van der Waals surface area contributed by atoms with Gasteiger partial charge in [0.25, 0.3) is 0 Å². The molecule has 17 heavy (non-hydrogen) atoms. The van der Waals surface area contributed by atoms with Gasteiger partial charge in [0.1, 0.15) is 0 Å². The predicted molar refractivity (Wildman–Crippen MR) is 69.8 cm³/mol. The van der Waals surface area contributed by atoms with Gasteiger partial charge in [0.2, 0.25) is 5.91 Å². The number of carbonyl (C=O) groups is 1. The van der Waals surface area contributed by atoms with Crippen molar-refractivity contribution in [2.75, 3.05) is 26.2 Å². The van der Waals surface area contributed by atoms with Crippen LogP contribution >= 0.6 is 0 Å². The number of piperidine rings is 1. The number of hydrogen-bond donors (Lipinski definition) is 1. The molecule has 0 spiro atoms. The predicted octanol–water partition coefficient (Wildman–Crippen LogP) is 2.02. The second kappa shape index (κ2) is 6.39. The van der Waals surface area contributed by atoms with Crippen molar-refractivity contribution < 1.29 is 4.79 Å². The van der Waals surface area contributed by atoms with E-state index in [1.165, 1.54) is 38.5 Å². The zero-order chi connectivity index (χ0) is 12.1. The molecule has 1 N–H and O–H groups in total. The summed E-state index contributed by atoms with van der Waals surface area (Å²) in [5.74, 6) is 1.92. The van der Waals surface area contributed by atoms with Crippen LogP contribution in [0, 0.1) is 11.8 Å². The molecular formula is C14H26N2O. The van der Waals surface area contributed by atoms with Crippen LogP contribution in [0.15, 0.2) is 0 Å². The van der Waals surface area contributed by atoms with Gasteiger partial charge in [0, 0.05) is 13.1 Å². The Kier molecular flexibility index (Phi) is 4.84. The minimum atomic E-state index is 0.312. The molecule has 0 aromatic heterocycles. The largest absolute Gasteiger partial charge is 0.341 e. The van der Waals surface area contributed by atoms with Crippen LogP contribution in [-0.4, -0.2) is 37.0 Å². The Bertz CT molecular complexity index is 249. The van der Waals surface area contributed by atoms with Crippen LogP contribution in [0.5, 0.6) is 0 Å². The Morgan fingerprint density at radius 1 is 1.29 bits per heavy atom. The van der Waals surface area contributed by atoms with E-state index in [1.807, 2.05) is 0 Å². The molecule has 0 bridgehead atoms. The fourth-order valence-electron chi connectivity index (χ4n) is 2.75. The fraction of sp³-hybridized carbons (Fsp3) is 0.929. The Labute approximate surface area is 105 Å². The molecule has 0 radical (unpaired) electrons. The first-order chi connectivity index (χ1) is 8.29. The quantitative estimate of drug-likeness (QED) is 0.768. The number of amides is 1. The van der Waals surface area contributed by atoms with Gasteiger partial charge in [-0.3, -0.25) is 4.79 Å². The summed E-state index contributed by atoms with van der Waals surface area (Å²) in [7, 11) is 0. The Morgan fingerprint density at radius 2 is 2.12 bits per heavy atom. The summed E-state index contributed by atoms with van der Waals surface area (Å²) < 4.78 is 0. The number of carbonyl (C=O) groups excluding carboxylic acids is 1. The van der Waals surface area contributed by atoms with Crippen LogP contribution in [0.25, 0.3) is 0 Å². The molecule has 1 atom stereocenters. The standard InChI is InChI=1S/C14H26N2O/c1-2-4-13-5-3-8-16(11-13)14(17)10-15-9-12-6-7-12/h12-13,15H,2-11H2,1H3. The number of nitrogens with zero attached hydrogens (tertiary/aromatic N) is 1. The van der Waals surface area contributed by atoms with E-state index in [0.29, 0.717) is 12.5 Å². The zero-order valence-corrected chi connectivity index (χ0v) is 11.1. The third kappa shape index (κ3) is 4.30. The van der Waals surface area contributed by atoms with Crippen molar-refractivity contribution in [3.8, 4) is 0 Å². The molecule has 3 heteroatoms. The number of hydrogen-bond acceptors (Lipinski definition) is 2. The van der Waals surface area contributed by atoms with E-state index < -0.39 is 0 Å². The minimum absolute atomic E-state index is 0.312. The number of rotatable bonds is 6. The van der Waals surface area contributed by atoms with E-state index in [1.54, 1.807) is 0 Å². The zero-order valence-electron chi connectivity index (χ0n) is 11.1. The van der Waals surface area contributed by atoms with Crippen molar-refractivity contribution in [3.63, 3.8) is 0 Å². The highest BCUT2D eigenvalue weighted by Crippen LogP contribution is 2.27. The molecule has 1 saturated carbocycles. The molecule has 98 valence electrons. The second-order valence-corrected chi connectivity index (χ2v) is 5.71. The second-order valence-electron chi connectivity index (χ2n) is 5.71. The summed E-state index contributed by atoms with van der Waals surface area (Å²) >= 11 is 0. The molecule has 1 saturated heterocycles. The fourth-order valence-corrected chi connectivity index (χ4v) is 2.75. The summed E-state index contributed by atoms with van der Waals surface area (Å²) in [6, 6.07) is 0. The first-order valence-corrected chi connectivity index (χ1v) is 7.28. The van der Waals surface area contributed by atoms with Gasteiger partial charge >= 0.3 is 0 Å². The molecule has 2 rings (SSSR count). The maximum Gasteiger partial charge on any atom is 0.236 e. The lowest BCUT2D eigenvalue weighted by Crippen LogP contribution is -2.44. The molecule has 1 unspecified atom stereocenters. The first-order valence-electron chi connectivity index (χ1n) is 7.28. The van der Waals surface area contributed by atoms with Gasteiger partial charge in [0.15, 0.2) is 0 Å². The number of nitrogens with one attached hydrogen (secondary N) is 1. The SMILES string of the molecule is CCCC1CCCN(C(=O)CNCC2CC2)C1. The summed E-state index contributed by atoms with van der Waals surface area (Å²) in [5.41, 5.74) is 0. The number of likely N-dealkylation sites (tertiary alicyclic amines) is 1. The molecule has 1 aliphatic heterocycles. The highest BCUT2D eigenvalue weighted by Gasteiger charge is 2.24. The van der Waals surface area contributed by atoms with Crippen molar-refractivity contribution >= 4 is 5.91 Å². The summed E-state index contributed by atoms with van der Waals surface area (Å²) in [5, 5.41) is 3.30. The lowest BCUT2D eigenvalue weighted by atomic mass is 9.94. The minimum Gasteiger partial charge on any atom is -0.341 e. The maximum absolute atomic E-state index is 12.0. The lowest BCUT2D eigenvalue weighted by molar-refractivity contribution is -0.132. The molecule has 1 amide bonds. The molecule has 0 aromatic rings. The third-order valence-corrected chi connectivity index (χ3v) is 3.97. The van der Waals surface area contributed by atoms with Gasteiger partial charge < -0.3 is 10.2 Å². The van der Waals surface area contributed by atoms with Gasteiger partial charge in [-0.05, 0) is 50.5 Å². The molecule has 1 aliphatic carbocycles. The normalized spacial score (nSPS) is 25.0. The molecule has 2 aliphatic rings. The monoisotopic (exact) mass is 238 g/mol. The van der Waals surface area contributed by atoms with Crippen LogP contribution in [-0.2, 0) is 4.79 Å². The summed E-state index contributed by atoms with van der Waals surface area (Å²) in [6.07, 6.45) is 7.73. The molecule has 2 fully saturated rings. The third-order valence-electron chi connectivity index (χ3n) is 3.97. The lowest BCUT2D eigenvalue weighted by Gasteiger charge is -2.32. The molecule has 0 aromatic carbocycles. The van der Waals surface area contributed by atoms with Crippen molar-refractivity contribution in [3.05, 3.63) is 0 Å². The van der Waals surface area contributed by atoms with Gasteiger partial charge in [-0.15, -0.1) is 0 Å². The highest BCUT2D eigenvalue weighted by molar-refractivity contribution is 5.78. The first kappa shape index (κ1) is 12.9. The van der Waals surface area contributed by atoms with Gasteiger partial charge in [-0.2, -0.15) is 0 Å². The van der Waals surface area contributed by atoms with Crippen LogP contribution in [0.3, 0.4) is 0 Å². The van der Waals surface area contributed by atoms with Crippen molar-refractivity contribution in [1.29, 1.82) is 0 Å². The maximum atomic E-state index is 12.0. The summed E-state index contributed by atoms with van der Waals surface area (Å²) in [4.78, 5) is 14.1. The van der Waals surface area contributed by atoms with Gasteiger partial charge in [-0.25, -0.2) is 0 Å². The van der Waals surface area contributed by atoms with E-state index in [2.05, 4.69) is 17.1 Å². The van der Waals surface area contributed by atoms with Crippen molar-refractivity contribution in [2.45, 2.75) is 45.4 Å². The van der Waals surface area contributed by atoms with Gasteiger partial charge in [-0.1, -0.05) is 13.3 Å². The highest BCUT2D eigenvalue weighted by atomic mass is 16.2. The van der Waals surface area contributed by atoms with Crippen molar-refractivity contribution in [2.24, 2.45) is 11.8 Å². The summed E-state index contributed by atoms with van der Waals surface area (Å²) in [6.45, 7) is 5.80. The van der Waals surface area contributed by atoms with Gasteiger partial charge in [0.05, 0.1) is 6.54 Å². The Hall–Kier alpha value is -0.570. The van der Waals surface area contributed by atoms with E-state index in [9.17, 15) is 4.79 Å². The average Bonchev–Trinajstić information content (AvgIpc) is 3.14. The van der Waals surface area contributed by atoms with Crippen molar-refractivity contribution in [1.82, 2.24) is 10.2 Å². The smallest absolute Gasteiger partial charge is 0.236 e. The van der Waals surface area contributed by atoms with E-state index in [-0.39, 0.29) is 0 Å². The molecular weight excluding hydrogens is 212 g/mol. The molecule has 3 nitrogen and oxygen atoms in total. The van der Waals surface area contributed by atoms with Crippen LogP contribution in [0.1, 0.15) is 45.4 Å². The topological polar surface area (TPSA) is 32.3 Å². The van der Waals surface area contributed by atoms with Crippen LogP contribution in [0.2, 0.25) is 0 Å². The average molecular weight is 238 g/mol.